The number of hydrogen-bond acceptors (Lipinski definition) is 5. The number of nitrogens with zero attached hydrogens (tertiary/aromatic N) is 7. The third-order valence-electron chi connectivity index (χ3n) is 4.39. The zero-order chi connectivity index (χ0) is 23.3. The summed E-state index contributed by atoms with van der Waals surface area (Å²) in [5.74, 6) is 0.318. The maximum Gasteiger partial charge on any atom is 0.429 e. The van der Waals surface area contributed by atoms with E-state index in [4.69, 9.17) is 0 Å². The first-order chi connectivity index (χ1) is 15.9. The first-order valence-corrected chi connectivity index (χ1v) is 9.74. The van der Waals surface area contributed by atoms with Gasteiger partial charge >= 0.3 is 6.18 Å². The van der Waals surface area contributed by atoms with Crippen LogP contribution in [0.1, 0.15) is 11.6 Å². The van der Waals surface area contributed by atoms with Crippen molar-refractivity contribution in [2.45, 2.75) is 13.1 Å². The minimum absolute atomic E-state index is 0. The molecule has 0 spiro atoms. The summed E-state index contributed by atoms with van der Waals surface area (Å²) in [6, 6.07) is 25.9. The first kappa shape index (κ1) is 24.9. The number of aryl methyl sites for hydroxylation is 1. The molecule has 175 valence electrons. The van der Waals surface area contributed by atoms with E-state index >= 15 is 0 Å². The number of para-hydroxylation sites is 1. The Morgan fingerprint density at radius 3 is 2.26 bits per heavy atom. The van der Waals surface area contributed by atoms with Gasteiger partial charge in [-0.3, -0.25) is 10.1 Å². The molecule has 3 heterocycles. The molecule has 0 aliphatic carbocycles. The van der Waals surface area contributed by atoms with Crippen molar-refractivity contribution in [1.29, 1.82) is 0 Å². The second-order valence-corrected chi connectivity index (χ2v) is 6.69. The molecule has 0 aliphatic heterocycles. The summed E-state index contributed by atoms with van der Waals surface area (Å²) in [6.07, 6.45) is -3.13. The van der Waals surface area contributed by atoms with Gasteiger partial charge in [0, 0.05) is 32.0 Å². The minimum Gasteiger partial charge on any atom is -0.413 e. The second-order valence-electron chi connectivity index (χ2n) is 6.69. The number of alkyl halides is 3. The number of hydrogen-bond donors (Lipinski definition) is 0. The number of pyridine rings is 1. The van der Waals surface area contributed by atoms with Crippen molar-refractivity contribution in [3.05, 3.63) is 96.7 Å². The van der Waals surface area contributed by atoms with Crippen LogP contribution in [0.15, 0.2) is 79.0 Å². The second kappa shape index (κ2) is 11.0. The average Bonchev–Trinajstić information content (AvgIpc) is 3.49. The number of rotatable bonds is 3. The topological polar surface area (TPSA) is 83.5 Å². The SMILES string of the molecule is Cc1nnc(-c2[c-]cccc2)n1-c1ccccc1.FC(F)(F)c1n[n-]c(-c2ccccn2)n1.[Ir]. The molecule has 0 fully saturated rings. The van der Waals surface area contributed by atoms with Crippen LogP contribution < -0.4 is 5.10 Å². The first-order valence-electron chi connectivity index (χ1n) is 9.74. The van der Waals surface area contributed by atoms with E-state index in [-0.39, 0.29) is 31.6 Å². The van der Waals surface area contributed by atoms with E-state index in [9.17, 15) is 13.2 Å². The number of aromatic nitrogens is 7. The van der Waals surface area contributed by atoms with Gasteiger partial charge in [-0.25, -0.2) is 0 Å². The number of halogens is 3. The molecule has 34 heavy (non-hydrogen) atoms. The van der Waals surface area contributed by atoms with Gasteiger partial charge in [-0.05, 0) is 37.0 Å². The Morgan fingerprint density at radius 2 is 1.65 bits per heavy atom. The van der Waals surface area contributed by atoms with Gasteiger partial charge in [-0.15, -0.1) is 41.0 Å². The quantitative estimate of drug-likeness (QED) is 0.270. The van der Waals surface area contributed by atoms with Gasteiger partial charge in [0.1, 0.15) is 11.6 Å². The fraction of sp³-hybridized carbons (Fsp3) is 0.0870. The van der Waals surface area contributed by atoms with Crippen molar-refractivity contribution >= 4 is 0 Å². The largest absolute Gasteiger partial charge is 0.429 e. The smallest absolute Gasteiger partial charge is 0.413 e. The zero-order valence-corrected chi connectivity index (χ0v) is 20.0. The van der Waals surface area contributed by atoms with Gasteiger partial charge in [0.15, 0.2) is 0 Å². The summed E-state index contributed by atoms with van der Waals surface area (Å²) in [6.45, 7) is 1.95. The van der Waals surface area contributed by atoms with Crippen LogP contribution in [-0.4, -0.2) is 29.8 Å². The molecule has 2 aromatic carbocycles. The molecule has 0 aliphatic rings. The van der Waals surface area contributed by atoms with Crippen LogP contribution in [0.5, 0.6) is 0 Å². The molecular formula is C23H16F3IrN7-2. The molecule has 7 nitrogen and oxygen atoms in total. The molecule has 0 N–H and O–H groups in total. The van der Waals surface area contributed by atoms with Gasteiger partial charge < -0.3 is 14.6 Å². The summed E-state index contributed by atoms with van der Waals surface area (Å²) in [5, 5.41) is 14.7. The molecule has 5 rings (SSSR count). The summed E-state index contributed by atoms with van der Waals surface area (Å²) < 4.78 is 38.4. The van der Waals surface area contributed by atoms with Gasteiger partial charge in [0.05, 0.1) is 11.5 Å². The van der Waals surface area contributed by atoms with Crippen LogP contribution in [0.25, 0.3) is 28.6 Å². The van der Waals surface area contributed by atoms with Gasteiger partial charge in [0.2, 0.25) is 0 Å². The molecule has 0 saturated carbocycles. The van der Waals surface area contributed by atoms with E-state index in [2.05, 4.69) is 36.4 Å². The monoisotopic (exact) mass is 640 g/mol. The number of benzene rings is 2. The van der Waals surface area contributed by atoms with Crippen molar-refractivity contribution in [2.24, 2.45) is 0 Å². The Bertz CT molecular complexity index is 1300. The van der Waals surface area contributed by atoms with E-state index in [0.717, 1.165) is 22.9 Å². The van der Waals surface area contributed by atoms with Crippen LogP contribution in [0, 0.1) is 13.0 Å². The molecule has 1 radical (unpaired) electrons. The molecule has 3 aromatic heterocycles. The van der Waals surface area contributed by atoms with Crippen LogP contribution in [0.2, 0.25) is 0 Å². The van der Waals surface area contributed by atoms with Gasteiger partial charge in [-0.1, -0.05) is 24.3 Å². The normalized spacial score (nSPS) is 10.7. The predicted molar refractivity (Wildman–Crippen MR) is 114 cm³/mol. The van der Waals surface area contributed by atoms with E-state index in [1.54, 1.807) is 12.1 Å². The maximum absolute atomic E-state index is 12.1. The minimum atomic E-state index is -4.57. The zero-order valence-electron chi connectivity index (χ0n) is 17.6. The Hall–Kier alpha value is -3.69. The molecule has 0 bridgehead atoms. The Kier molecular flexibility index (Phi) is 8.03. The van der Waals surface area contributed by atoms with E-state index in [1.807, 2.05) is 66.1 Å². The van der Waals surface area contributed by atoms with Crippen molar-refractivity contribution < 1.29 is 33.3 Å². The van der Waals surface area contributed by atoms with Gasteiger partial charge in [-0.2, -0.15) is 18.3 Å². The third-order valence-corrected chi connectivity index (χ3v) is 4.39. The van der Waals surface area contributed by atoms with Crippen molar-refractivity contribution in [3.8, 4) is 28.6 Å². The molecule has 11 heteroatoms. The fourth-order valence-electron chi connectivity index (χ4n) is 2.92. The summed E-state index contributed by atoms with van der Waals surface area (Å²) >= 11 is 0. The Morgan fingerprint density at radius 1 is 0.912 bits per heavy atom. The third kappa shape index (κ3) is 5.80. The summed E-state index contributed by atoms with van der Waals surface area (Å²) in [4.78, 5) is 7.05. The van der Waals surface area contributed by atoms with Crippen LogP contribution in [-0.2, 0) is 26.3 Å². The van der Waals surface area contributed by atoms with Crippen molar-refractivity contribution in [2.75, 3.05) is 0 Å². The summed E-state index contributed by atoms with van der Waals surface area (Å²) in [7, 11) is 0. The standard InChI is InChI=1S/C15H12N3.C8H4F3N4.Ir/c1-12-16-17-15(13-8-4-2-5-9-13)18(12)14-10-6-3-7-11-14;9-8(10,11)7-13-6(14-15-7)5-3-1-2-4-12-5;/h2-8,10-11H,1H3;1-4H;/q2*-1;. The van der Waals surface area contributed by atoms with Crippen molar-refractivity contribution in [1.82, 2.24) is 34.9 Å². The summed E-state index contributed by atoms with van der Waals surface area (Å²) in [5.41, 5.74) is 2.27. The average molecular weight is 640 g/mol. The van der Waals surface area contributed by atoms with Crippen LogP contribution in [0.3, 0.4) is 0 Å². The molecule has 5 aromatic rings. The van der Waals surface area contributed by atoms with Crippen LogP contribution >= 0.6 is 0 Å². The van der Waals surface area contributed by atoms with E-state index in [0.29, 0.717) is 0 Å². The van der Waals surface area contributed by atoms with Crippen LogP contribution in [0.4, 0.5) is 13.2 Å². The fourth-order valence-corrected chi connectivity index (χ4v) is 2.92. The molecule has 0 saturated heterocycles. The molecule has 0 unspecified atom stereocenters. The van der Waals surface area contributed by atoms with E-state index in [1.165, 1.54) is 12.3 Å². The van der Waals surface area contributed by atoms with Crippen molar-refractivity contribution in [3.63, 3.8) is 0 Å². The van der Waals surface area contributed by atoms with Gasteiger partial charge in [0.25, 0.3) is 0 Å². The molecular weight excluding hydrogens is 624 g/mol. The predicted octanol–water partition coefficient (Wildman–Crippen LogP) is 4.56. The maximum atomic E-state index is 12.1. The Labute approximate surface area is 206 Å². The van der Waals surface area contributed by atoms with E-state index < -0.39 is 12.0 Å². The molecule has 0 amide bonds. The Balaban J connectivity index is 0.000000188. The molecule has 0 atom stereocenters.